The molecule has 252 valence electrons. The molecule has 0 unspecified atom stereocenters. The summed E-state index contributed by atoms with van der Waals surface area (Å²) in [5.74, 6) is 1.78. The number of pyridine rings is 3. The van der Waals surface area contributed by atoms with Crippen LogP contribution in [0, 0.1) is 0 Å². The van der Waals surface area contributed by atoms with Crippen molar-refractivity contribution in [1.82, 2.24) is 29.9 Å². The Morgan fingerprint density at radius 1 is 0.296 bits per heavy atom. The fraction of sp³-hybridized carbons (Fsp3) is 0. The van der Waals surface area contributed by atoms with Crippen molar-refractivity contribution < 1.29 is 0 Å². The smallest absolute Gasteiger partial charge is 0.164 e. The standard InChI is InChI=1S/C48H30N6/c1-4-10-41-32(7-1)25-27-49-44(41)34-15-21-37(22-16-34)47-52-46(36-19-13-31(14-20-36)40-29-39-9-3-6-12-43(39)51-30-40)53-48(54-47)38-23-17-35(18-24-38)45-42-11-5-2-8-33(42)26-28-50-45/h1-30H. The quantitative estimate of drug-likeness (QED) is 0.173. The highest BCUT2D eigenvalue weighted by Gasteiger charge is 2.15. The topological polar surface area (TPSA) is 77.3 Å². The van der Waals surface area contributed by atoms with Crippen LogP contribution in [0.3, 0.4) is 0 Å². The van der Waals surface area contributed by atoms with Gasteiger partial charge >= 0.3 is 0 Å². The summed E-state index contributed by atoms with van der Waals surface area (Å²) in [6.07, 6.45) is 5.64. The molecule has 0 saturated heterocycles. The van der Waals surface area contributed by atoms with Crippen molar-refractivity contribution >= 4 is 32.4 Å². The van der Waals surface area contributed by atoms with Crippen LogP contribution in [-0.4, -0.2) is 29.9 Å². The summed E-state index contributed by atoms with van der Waals surface area (Å²) >= 11 is 0. The lowest BCUT2D eigenvalue weighted by molar-refractivity contribution is 1.07. The lowest BCUT2D eigenvalue weighted by Crippen LogP contribution is -2.00. The molecular formula is C48H30N6. The largest absolute Gasteiger partial charge is 0.256 e. The third-order valence-electron chi connectivity index (χ3n) is 9.88. The van der Waals surface area contributed by atoms with E-state index in [9.17, 15) is 0 Å². The van der Waals surface area contributed by atoms with E-state index in [1.54, 1.807) is 0 Å². The fourth-order valence-electron chi connectivity index (χ4n) is 7.06. The molecule has 0 spiro atoms. The Hall–Kier alpha value is -7.44. The van der Waals surface area contributed by atoms with Crippen LogP contribution >= 0.6 is 0 Å². The molecule has 0 radical (unpaired) electrons. The molecule has 0 aliphatic rings. The molecule has 0 aliphatic carbocycles. The average molecular weight is 691 g/mol. The summed E-state index contributed by atoms with van der Waals surface area (Å²) < 4.78 is 0. The van der Waals surface area contributed by atoms with Crippen LogP contribution in [0.4, 0.5) is 0 Å². The number of hydrogen-bond donors (Lipinski definition) is 0. The van der Waals surface area contributed by atoms with Gasteiger partial charge in [0.2, 0.25) is 0 Å². The van der Waals surface area contributed by atoms with E-state index in [0.717, 1.165) is 82.8 Å². The highest BCUT2D eigenvalue weighted by molar-refractivity contribution is 5.95. The van der Waals surface area contributed by atoms with Crippen molar-refractivity contribution in [2.45, 2.75) is 0 Å². The Morgan fingerprint density at radius 2 is 0.704 bits per heavy atom. The molecule has 0 bridgehead atoms. The van der Waals surface area contributed by atoms with Crippen molar-refractivity contribution in [2.75, 3.05) is 0 Å². The maximum absolute atomic E-state index is 5.04. The van der Waals surface area contributed by atoms with Crippen LogP contribution in [0.1, 0.15) is 0 Å². The summed E-state index contributed by atoms with van der Waals surface area (Å²) in [6, 6.07) is 56.0. The van der Waals surface area contributed by atoms with E-state index < -0.39 is 0 Å². The number of benzene rings is 6. The minimum absolute atomic E-state index is 0.593. The molecule has 6 aromatic carbocycles. The molecular weight excluding hydrogens is 661 g/mol. The maximum atomic E-state index is 5.04. The highest BCUT2D eigenvalue weighted by atomic mass is 15.0. The maximum Gasteiger partial charge on any atom is 0.164 e. The number of fused-ring (bicyclic) bond motifs is 3. The molecule has 6 nitrogen and oxygen atoms in total. The molecule has 10 aromatic rings. The van der Waals surface area contributed by atoms with Gasteiger partial charge in [0.1, 0.15) is 0 Å². The average Bonchev–Trinajstić information content (AvgIpc) is 3.26. The van der Waals surface area contributed by atoms with Gasteiger partial charge in [-0.05, 0) is 40.6 Å². The fourth-order valence-corrected chi connectivity index (χ4v) is 7.06. The summed E-state index contributed by atoms with van der Waals surface area (Å²) in [5.41, 5.74) is 9.72. The van der Waals surface area contributed by atoms with Gasteiger partial charge in [-0.2, -0.15) is 0 Å². The Morgan fingerprint density at radius 3 is 1.20 bits per heavy atom. The van der Waals surface area contributed by atoms with Gasteiger partial charge in [-0.1, -0.05) is 140 Å². The van der Waals surface area contributed by atoms with Crippen molar-refractivity contribution in [2.24, 2.45) is 0 Å². The van der Waals surface area contributed by atoms with Crippen LogP contribution in [-0.2, 0) is 0 Å². The van der Waals surface area contributed by atoms with Gasteiger partial charge in [-0.25, -0.2) is 15.0 Å². The molecule has 0 aliphatic heterocycles. The first kappa shape index (κ1) is 31.3. The zero-order chi connectivity index (χ0) is 35.8. The molecule has 0 saturated carbocycles. The second-order valence-corrected chi connectivity index (χ2v) is 13.2. The van der Waals surface area contributed by atoms with Crippen LogP contribution in [0.2, 0.25) is 0 Å². The lowest BCUT2D eigenvalue weighted by atomic mass is 10.0. The van der Waals surface area contributed by atoms with Crippen molar-refractivity contribution in [3.05, 3.63) is 182 Å². The Labute approximate surface area is 311 Å². The first-order valence-corrected chi connectivity index (χ1v) is 17.8. The van der Waals surface area contributed by atoms with E-state index in [-0.39, 0.29) is 0 Å². The summed E-state index contributed by atoms with van der Waals surface area (Å²) in [7, 11) is 0. The molecule has 0 amide bonds. The van der Waals surface area contributed by atoms with E-state index in [0.29, 0.717) is 17.5 Å². The first-order chi connectivity index (χ1) is 26.7. The number of hydrogen-bond acceptors (Lipinski definition) is 6. The van der Waals surface area contributed by atoms with E-state index in [2.05, 4.69) is 114 Å². The summed E-state index contributed by atoms with van der Waals surface area (Å²) in [5, 5.41) is 5.65. The molecule has 54 heavy (non-hydrogen) atoms. The van der Waals surface area contributed by atoms with Gasteiger partial charge < -0.3 is 0 Å². The molecule has 0 atom stereocenters. The van der Waals surface area contributed by atoms with Gasteiger partial charge in [-0.3, -0.25) is 15.0 Å². The van der Waals surface area contributed by atoms with Gasteiger partial charge in [-0.15, -0.1) is 0 Å². The van der Waals surface area contributed by atoms with Crippen LogP contribution < -0.4 is 0 Å². The number of rotatable bonds is 6. The summed E-state index contributed by atoms with van der Waals surface area (Å²) in [6.45, 7) is 0. The van der Waals surface area contributed by atoms with Crippen molar-refractivity contribution in [1.29, 1.82) is 0 Å². The van der Waals surface area contributed by atoms with E-state index in [1.165, 1.54) is 0 Å². The van der Waals surface area contributed by atoms with Gasteiger partial charge in [0.25, 0.3) is 0 Å². The van der Waals surface area contributed by atoms with Crippen LogP contribution in [0.15, 0.2) is 182 Å². The summed E-state index contributed by atoms with van der Waals surface area (Å²) in [4.78, 5) is 29.2. The van der Waals surface area contributed by atoms with Gasteiger partial charge in [0.05, 0.1) is 16.9 Å². The Balaban J connectivity index is 1.04. The third kappa shape index (κ3) is 5.82. The molecule has 0 N–H and O–H groups in total. The normalized spacial score (nSPS) is 11.3. The highest BCUT2D eigenvalue weighted by Crippen LogP contribution is 2.32. The van der Waals surface area contributed by atoms with Gasteiger partial charge in [0, 0.05) is 68.1 Å². The second kappa shape index (κ2) is 13.3. The van der Waals surface area contributed by atoms with Crippen LogP contribution in [0.5, 0.6) is 0 Å². The Bertz CT molecular complexity index is 2820. The monoisotopic (exact) mass is 690 g/mol. The molecule has 4 aromatic heterocycles. The zero-order valence-corrected chi connectivity index (χ0v) is 29.0. The van der Waals surface area contributed by atoms with Crippen molar-refractivity contribution in [3.63, 3.8) is 0 Å². The SMILES string of the molecule is c1ccc2ncc(-c3ccc(-c4nc(-c5ccc(-c6nccc7ccccc67)cc5)nc(-c5ccc(-c6nccc7ccccc67)cc5)n4)cc3)cc2c1. The molecule has 4 heterocycles. The minimum Gasteiger partial charge on any atom is -0.256 e. The van der Waals surface area contributed by atoms with E-state index in [1.807, 2.05) is 73.2 Å². The first-order valence-electron chi connectivity index (χ1n) is 17.8. The predicted octanol–water partition coefficient (Wildman–Crippen LogP) is 11.5. The van der Waals surface area contributed by atoms with Crippen molar-refractivity contribution in [3.8, 4) is 67.8 Å². The minimum atomic E-state index is 0.593. The molecule has 0 fully saturated rings. The second-order valence-electron chi connectivity index (χ2n) is 13.2. The van der Waals surface area contributed by atoms with Crippen LogP contribution in [0.25, 0.3) is 100 Å². The number of nitrogens with zero attached hydrogens (tertiary/aromatic N) is 6. The number of aromatic nitrogens is 6. The Kier molecular flexibility index (Phi) is 7.69. The molecule has 6 heteroatoms. The van der Waals surface area contributed by atoms with Gasteiger partial charge in [0.15, 0.2) is 17.5 Å². The lowest BCUT2D eigenvalue weighted by Gasteiger charge is -2.11. The third-order valence-corrected chi connectivity index (χ3v) is 9.88. The predicted molar refractivity (Wildman–Crippen MR) is 218 cm³/mol. The zero-order valence-electron chi connectivity index (χ0n) is 29.0. The molecule has 10 rings (SSSR count). The number of para-hydroxylation sites is 1. The van der Waals surface area contributed by atoms with E-state index in [4.69, 9.17) is 24.9 Å². The van der Waals surface area contributed by atoms with E-state index >= 15 is 0 Å².